The van der Waals surface area contributed by atoms with Gasteiger partial charge in [-0.25, -0.2) is 0 Å². The molecule has 0 aliphatic carbocycles. The predicted molar refractivity (Wildman–Crippen MR) is 98.2 cm³/mol. The number of rotatable bonds is 4. The second-order valence-corrected chi connectivity index (χ2v) is 6.81. The van der Waals surface area contributed by atoms with Gasteiger partial charge in [0.25, 0.3) is 0 Å². The number of methoxy groups -OCH3 is 1. The van der Waals surface area contributed by atoms with Gasteiger partial charge in [-0.1, -0.05) is 17.7 Å². The molecule has 0 unspecified atom stereocenters. The maximum Gasteiger partial charge on any atom is 0.244 e. The lowest BCUT2D eigenvalue weighted by atomic mass is 9.85. The van der Waals surface area contributed by atoms with Crippen molar-refractivity contribution in [2.45, 2.75) is 26.2 Å². The van der Waals surface area contributed by atoms with E-state index in [0.717, 1.165) is 22.6 Å². The van der Waals surface area contributed by atoms with Crippen molar-refractivity contribution in [2.75, 3.05) is 23.9 Å². The zero-order valence-corrected chi connectivity index (χ0v) is 14.9. The van der Waals surface area contributed by atoms with Gasteiger partial charge in [0.2, 0.25) is 11.8 Å². The molecule has 0 bridgehead atoms. The van der Waals surface area contributed by atoms with Gasteiger partial charge in [0.1, 0.15) is 12.3 Å². The van der Waals surface area contributed by atoms with Crippen LogP contribution >= 0.6 is 0 Å². The van der Waals surface area contributed by atoms with Crippen LogP contribution in [-0.4, -0.2) is 25.5 Å². The topological polar surface area (TPSA) is 58.6 Å². The van der Waals surface area contributed by atoms with Crippen LogP contribution in [0.5, 0.6) is 5.75 Å². The van der Waals surface area contributed by atoms with Crippen molar-refractivity contribution in [2.24, 2.45) is 0 Å². The van der Waals surface area contributed by atoms with Crippen molar-refractivity contribution >= 4 is 23.2 Å². The lowest BCUT2D eigenvalue weighted by Gasteiger charge is -2.20. The van der Waals surface area contributed by atoms with Crippen LogP contribution in [0.25, 0.3) is 0 Å². The molecule has 1 heterocycles. The Morgan fingerprint density at radius 3 is 2.48 bits per heavy atom. The SMILES string of the molecule is COc1ccc(NC(=O)CN2C(=O)C(C)(C)c3cc(C)ccc32)cc1. The van der Waals surface area contributed by atoms with Crippen LogP contribution in [0.3, 0.4) is 0 Å². The number of carbonyl (C=O) groups excluding carboxylic acids is 2. The summed E-state index contributed by atoms with van der Waals surface area (Å²) in [5, 5.41) is 2.82. The Hall–Kier alpha value is -2.82. The lowest BCUT2D eigenvalue weighted by molar-refractivity contribution is -0.124. The molecule has 5 nitrogen and oxygen atoms in total. The molecule has 2 amide bonds. The molecule has 0 saturated carbocycles. The van der Waals surface area contributed by atoms with Gasteiger partial charge >= 0.3 is 0 Å². The first kappa shape index (κ1) is 17.0. The van der Waals surface area contributed by atoms with E-state index in [1.54, 1.807) is 36.3 Å². The molecule has 1 aliphatic rings. The fraction of sp³-hybridized carbons (Fsp3) is 0.300. The van der Waals surface area contributed by atoms with E-state index in [9.17, 15) is 9.59 Å². The zero-order valence-electron chi connectivity index (χ0n) is 14.9. The predicted octanol–water partition coefficient (Wildman–Crippen LogP) is 3.27. The Kier molecular flexibility index (Phi) is 4.25. The maximum absolute atomic E-state index is 12.8. The standard InChI is InChI=1S/C20H22N2O3/c1-13-5-10-17-16(11-13)20(2,3)19(24)22(17)12-18(23)21-14-6-8-15(25-4)9-7-14/h5-11H,12H2,1-4H3,(H,21,23). The Bertz CT molecular complexity index is 825. The quantitative estimate of drug-likeness (QED) is 0.931. The van der Waals surface area contributed by atoms with Crippen LogP contribution in [0.4, 0.5) is 11.4 Å². The molecule has 25 heavy (non-hydrogen) atoms. The van der Waals surface area contributed by atoms with Crippen LogP contribution in [0.1, 0.15) is 25.0 Å². The monoisotopic (exact) mass is 338 g/mol. The molecule has 5 heteroatoms. The van der Waals surface area contributed by atoms with E-state index in [2.05, 4.69) is 5.32 Å². The highest BCUT2D eigenvalue weighted by Crippen LogP contribution is 2.41. The molecule has 2 aromatic carbocycles. The minimum atomic E-state index is -0.623. The third-order valence-corrected chi connectivity index (χ3v) is 4.57. The van der Waals surface area contributed by atoms with E-state index in [-0.39, 0.29) is 18.4 Å². The summed E-state index contributed by atoms with van der Waals surface area (Å²) in [7, 11) is 1.59. The number of hydrogen-bond donors (Lipinski definition) is 1. The number of ether oxygens (including phenoxy) is 1. The summed E-state index contributed by atoms with van der Waals surface area (Å²) in [4.78, 5) is 26.8. The zero-order chi connectivity index (χ0) is 18.2. The van der Waals surface area contributed by atoms with Crippen molar-refractivity contribution < 1.29 is 14.3 Å². The number of carbonyl (C=O) groups is 2. The Balaban J connectivity index is 1.78. The van der Waals surface area contributed by atoms with Crippen LogP contribution in [0.15, 0.2) is 42.5 Å². The highest BCUT2D eigenvalue weighted by molar-refractivity contribution is 6.11. The Morgan fingerprint density at radius 2 is 1.84 bits per heavy atom. The van der Waals surface area contributed by atoms with Crippen molar-refractivity contribution in [3.8, 4) is 5.75 Å². The third-order valence-electron chi connectivity index (χ3n) is 4.57. The Labute approximate surface area is 147 Å². The summed E-state index contributed by atoms with van der Waals surface area (Å²) in [5.74, 6) is 0.430. The van der Waals surface area contributed by atoms with Gasteiger partial charge in [0.15, 0.2) is 0 Å². The molecule has 0 spiro atoms. The molecule has 1 aliphatic heterocycles. The second-order valence-electron chi connectivity index (χ2n) is 6.81. The van der Waals surface area contributed by atoms with Crippen LogP contribution in [-0.2, 0) is 15.0 Å². The Morgan fingerprint density at radius 1 is 1.16 bits per heavy atom. The number of aryl methyl sites for hydroxylation is 1. The van der Waals surface area contributed by atoms with Crippen LogP contribution < -0.4 is 15.0 Å². The lowest BCUT2D eigenvalue weighted by Crippen LogP contribution is -2.40. The van der Waals surface area contributed by atoms with Gasteiger partial charge < -0.3 is 15.0 Å². The van der Waals surface area contributed by atoms with Gasteiger partial charge in [0.05, 0.1) is 12.5 Å². The number of fused-ring (bicyclic) bond motifs is 1. The number of nitrogens with zero attached hydrogens (tertiary/aromatic N) is 1. The first-order valence-electron chi connectivity index (χ1n) is 8.20. The maximum atomic E-state index is 12.8. The minimum absolute atomic E-state index is 0.00957. The molecule has 0 fully saturated rings. The fourth-order valence-electron chi connectivity index (χ4n) is 3.12. The number of benzene rings is 2. The van der Waals surface area contributed by atoms with Crippen LogP contribution in [0, 0.1) is 6.92 Å². The highest BCUT2D eigenvalue weighted by Gasteiger charge is 2.44. The van der Waals surface area contributed by atoms with E-state index in [0.29, 0.717) is 5.69 Å². The van der Waals surface area contributed by atoms with Crippen LogP contribution in [0.2, 0.25) is 0 Å². The third kappa shape index (κ3) is 3.09. The summed E-state index contributed by atoms with van der Waals surface area (Å²) >= 11 is 0. The minimum Gasteiger partial charge on any atom is -0.497 e. The van der Waals surface area contributed by atoms with Crippen molar-refractivity contribution in [1.29, 1.82) is 0 Å². The fourth-order valence-corrected chi connectivity index (χ4v) is 3.12. The summed E-state index contributed by atoms with van der Waals surface area (Å²) in [6.45, 7) is 5.79. The van der Waals surface area contributed by atoms with Gasteiger partial charge in [0, 0.05) is 11.4 Å². The van der Waals surface area contributed by atoms with Gasteiger partial charge in [-0.15, -0.1) is 0 Å². The largest absolute Gasteiger partial charge is 0.497 e. The molecule has 0 radical (unpaired) electrons. The molecule has 0 saturated heterocycles. The van der Waals surface area contributed by atoms with Gasteiger partial charge in [-0.2, -0.15) is 0 Å². The smallest absolute Gasteiger partial charge is 0.244 e. The molecule has 0 atom stereocenters. The van der Waals surface area contributed by atoms with E-state index < -0.39 is 5.41 Å². The molecule has 3 rings (SSSR count). The number of anilines is 2. The average molecular weight is 338 g/mol. The van der Waals surface area contributed by atoms with E-state index in [1.165, 1.54) is 0 Å². The molecule has 130 valence electrons. The number of hydrogen-bond acceptors (Lipinski definition) is 3. The highest BCUT2D eigenvalue weighted by atomic mass is 16.5. The number of amides is 2. The molecule has 0 aromatic heterocycles. The van der Waals surface area contributed by atoms with Crippen molar-refractivity contribution in [3.05, 3.63) is 53.6 Å². The summed E-state index contributed by atoms with van der Waals surface area (Å²) in [6, 6.07) is 13.0. The molecular formula is C20H22N2O3. The van der Waals surface area contributed by atoms with Gasteiger partial charge in [-0.05, 0) is 56.7 Å². The second kappa shape index (κ2) is 6.24. The average Bonchev–Trinajstić information content (AvgIpc) is 2.76. The molecule has 2 aromatic rings. The first-order chi connectivity index (χ1) is 11.8. The van der Waals surface area contributed by atoms with Crippen molar-refractivity contribution in [1.82, 2.24) is 0 Å². The van der Waals surface area contributed by atoms with Gasteiger partial charge in [-0.3, -0.25) is 9.59 Å². The van der Waals surface area contributed by atoms with E-state index in [1.807, 2.05) is 39.0 Å². The van der Waals surface area contributed by atoms with E-state index >= 15 is 0 Å². The number of nitrogens with one attached hydrogen (secondary N) is 1. The normalized spacial score (nSPS) is 15.0. The van der Waals surface area contributed by atoms with Crippen molar-refractivity contribution in [3.63, 3.8) is 0 Å². The molecule has 1 N–H and O–H groups in total. The first-order valence-corrected chi connectivity index (χ1v) is 8.20. The summed E-state index contributed by atoms with van der Waals surface area (Å²) < 4.78 is 5.10. The summed E-state index contributed by atoms with van der Waals surface area (Å²) in [5.41, 5.74) is 2.92. The molecular weight excluding hydrogens is 316 g/mol. The van der Waals surface area contributed by atoms with E-state index in [4.69, 9.17) is 4.74 Å². The summed E-state index contributed by atoms with van der Waals surface area (Å²) in [6.07, 6.45) is 0.